The highest BCUT2D eigenvalue weighted by Crippen LogP contribution is 2.43. The number of aliphatic hydroxyl groups is 2. The largest absolute Gasteiger partial charge is 0.472 e. The van der Waals surface area contributed by atoms with Crippen LogP contribution < -0.4 is 0 Å². The van der Waals surface area contributed by atoms with Crippen molar-refractivity contribution in [3.8, 4) is 0 Å². The second-order valence-electron chi connectivity index (χ2n) is 17.2. The Kier molecular flexibility index (Phi) is 48.7. The number of hydrogen-bond donors (Lipinski definition) is 3. The summed E-state index contributed by atoms with van der Waals surface area (Å²) in [6, 6.07) is 0. The Labute approximate surface area is 392 Å². The second kappa shape index (κ2) is 50.3. The Morgan fingerprint density at radius 1 is 0.500 bits per heavy atom. The molecule has 0 aromatic carbocycles. The summed E-state index contributed by atoms with van der Waals surface area (Å²) >= 11 is 0. The molecule has 0 aliphatic heterocycles. The highest BCUT2D eigenvalue weighted by Gasteiger charge is 2.26. The smallest absolute Gasteiger partial charge is 0.457 e. The van der Waals surface area contributed by atoms with E-state index in [9.17, 15) is 19.4 Å². The molecule has 0 aliphatic rings. The lowest BCUT2D eigenvalue weighted by Crippen LogP contribution is -2.29. The van der Waals surface area contributed by atoms with Crippen LogP contribution >= 0.6 is 7.82 Å². The molecule has 3 N–H and O–H groups in total. The van der Waals surface area contributed by atoms with Crippen LogP contribution in [-0.2, 0) is 27.9 Å². The maximum atomic E-state index is 12.7. The summed E-state index contributed by atoms with van der Waals surface area (Å²) in [6.07, 6.45) is 61.5. The van der Waals surface area contributed by atoms with Gasteiger partial charge in [-0.15, -0.1) is 0 Å². The van der Waals surface area contributed by atoms with Crippen LogP contribution in [-0.4, -0.2) is 66.3 Å². The minimum Gasteiger partial charge on any atom is -0.457 e. The predicted molar refractivity (Wildman–Crippen MR) is 269 cm³/mol. The number of phosphoric acid groups is 1. The minimum atomic E-state index is -4.53. The summed E-state index contributed by atoms with van der Waals surface area (Å²) in [6.45, 7) is 3.38. The Morgan fingerprint density at radius 2 is 0.891 bits per heavy atom. The maximum Gasteiger partial charge on any atom is 0.472 e. The Balaban J connectivity index is 4.13. The third-order valence-electron chi connectivity index (χ3n) is 10.9. The van der Waals surface area contributed by atoms with Crippen molar-refractivity contribution in [1.29, 1.82) is 0 Å². The zero-order valence-electron chi connectivity index (χ0n) is 41.0. The number of carbonyl (C=O) groups excluding carboxylic acids is 1. The van der Waals surface area contributed by atoms with Gasteiger partial charge in [-0.3, -0.25) is 13.8 Å². The van der Waals surface area contributed by atoms with Crippen LogP contribution in [0.15, 0.2) is 72.9 Å². The van der Waals surface area contributed by atoms with E-state index in [-0.39, 0.29) is 25.6 Å². The van der Waals surface area contributed by atoms with Crippen LogP contribution in [0.5, 0.6) is 0 Å². The van der Waals surface area contributed by atoms with Crippen molar-refractivity contribution in [2.75, 3.05) is 33.0 Å². The van der Waals surface area contributed by atoms with Crippen LogP contribution in [0.25, 0.3) is 0 Å². The minimum absolute atomic E-state index is 0.0346. The van der Waals surface area contributed by atoms with Crippen molar-refractivity contribution >= 4 is 13.8 Å². The summed E-state index contributed by atoms with van der Waals surface area (Å²) in [5, 5.41) is 18.4. The van der Waals surface area contributed by atoms with Crippen LogP contribution in [0.2, 0.25) is 0 Å². The third-order valence-corrected chi connectivity index (χ3v) is 11.9. The summed E-state index contributed by atoms with van der Waals surface area (Å²) in [5.74, 6) is -0.388. The van der Waals surface area contributed by atoms with Crippen molar-refractivity contribution in [3.05, 3.63) is 72.9 Å². The summed E-state index contributed by atoms with van der Waals surface area (Å²) < 4.78 is 33.5. The van der Waals surface area contributed by atoms with Crippen molar-refractivity contribution in [3.63, 3.8) is 0 Å². The van der Waals surface area contributed by atoms with Gasteiger partial charge in [-0.2, -0.15) is 0 Å². The van der Waals surface area contributed by atoms with E-state index in [4.69, 9.17) is 23.6 Å². The average molecular weight is 921 g/mol. The maximum absolute atomic E-state index is 12.7. The summed E-state index contributed by atoms with van der Waals surface area (Å²) in [4.78, 5) is 22.7. The molecule has 0 amide bonds. The SMILES string of the molecule is CC/C=C\C/C=C\C/C=C\C/C=C\C/C=C\C/C=C\CCCCCCCOCC(COP(=O)(O)OCC(O)CO)OC(=O)CCCCCCCCCCCCCCCCCCCCC. The second-order valence-corrected chi connectivity index (χ2v) is 18.6. The number of aliphatic hydroxyl groups excluding tert-OH is 2. The molecule has 0 radical (unpaired) electrons. The highest BCUT2D eigenvalue weighted by atomic mass is 31.2. The first-order valence-electron chi connectivity index (χ1n) is 25.9. The van der Waals surface area contributed by atoms with Crippen molar-refractivity contribution in [2.24, 2.45) is 0 Å². The molecule has 372 valence electrons. The van der Waals surface area contributed by atoms with Crippen molar-refractivity contribution in [2.45, 2.75) is 232 Å². The van der Waals surface area contributed by atoms with E-state index in [2.05, 4.69) is 86.8 Å². The molecule has 0 saturated carbocycles. The van der Waals surface area contributed by atoms with Crippen LogP contribution in [0.1, 0.15) is 219 Å². The first kappa shape index (κ1) is 61.9. The molecule has 0 aromatic rings. The topological polar surface area (TPSA) is 132 Å². The van der Waals surface area contributed by atoms with Crippen LogP contribution in [0, 0.1) is 0 Å². The Hall–Kier alpha value is -2.10. The number of esters is 1. The zero-order valence-corrected chi connectivity index (χ0v) is 41.9. The first-order chi connectivity index (χ1) is 31.3. The summed E-state index contributed by atoms with van der Waals surface area (Å²) in [7, 11) is -4.53. The van der Waals surface area contributed by atoms with Gasteiger partial charge in [0.05, 0.1) is 26.4 Å². The van der Waals surface area contributed by atoms with E-state index in [1.165, 1.54) is 103 Å². The normalized spacial score (nSPS) is 14.4. The molecule has 0 spiro atoms. The number of rotatable bonds is 49. The predicted octanol–water partition coefficient (Wildman–Crippen LogP) is 15.3. The zero-order chi connectivity index (χ0) is 46.7. The first-order valence-corrected chi connectivity index (χ1v) is 27.4. The number of allylic oxidation sites excluding steroid dienone is 12. The van der Waals surface area contributed by atoms with Crippen molar-refractivity contribution < 1.29 is 43.0 Å². The standard InChI is InChI=1S/C54H97O9P/c1-3-5-7-9-11-13-15-17-19-21-23-24-25-26-27-29-31-33-35-37-39-41-43-45-47-60-50-53(51-62-64(58,59)61-49-52(56)48-55)63-54(57)46-44-42-40-38-36-34-32-30-28-22-20-18-16-14-12-10-8-6-4-2/h5,7,11,13,17,19,23-24,26-27,31,33,52-53,55-56H,3-4,6,8-10,12,14-16,18,20-22,25,28-30,32,34-51H2,1-2H3,(H,58,59)/b7-5-,13-11-,19-17-,24-23-,27-26-,33-31-. The van der Waals surface area contributed by atoms with E-state index >= 15 is 0 Å². The Bertz CT molecular complexity index is 1230. The number of unbranched alkanes of at least 4 members (excludes halogenated alkanes) is 23. The Morgan fingerprint density at radius 3 is 1.34 bits per heavy atom. The molecule has 0 bridgehead atoms. The van der Waals surface area contributed by atoms with Gasteiger partial charge in [0.1, 0.15) is 12.2 Å². The lowest BCUT2D eigenvalue weighted by atomic mass is 10.0. The van der Waals surface area contributed by atoms with E-state index in [0.717, 1.165) is 96.3 Å². The van der Waals surface area contributed by atoms with Gasteiger partial charge in [-0.1, -0.05) is 222 Å². The monoisotopic (exact) mass is 921 g/mol. The molecular weight excluding hydrogens is 824 g/mol. The van der Waals surface area contributed by atoms with E-state index < -0.39 is 33.2 Å². The van der Waals surface area contributed by atoms with Gasteiger partial charge in [0, 0.05) is 13.0 Å². The molecule has 0 fully saturated rings. The highest BCUT2D eigenvalue weighted by molar-refractivity contribution is 7.47. The molecule has 0 heterocycles. The molecule has 0 rings (SSSR count). The van der Waals surface area contributed by atoms with Gasteiger partial charge in [-0.05, 0) is 64.2 Å². The molecule has 0 aliphatic carbocycles. The summed E-state index contributed by atoms with van der Waals surface area (Å²) in [5.41, 5.74) is 0. The van der Waals surface area contributed by atoms with Gasteiger partial charge in [-0.25, -0.2) is 4.57 Å². The van der Waals surface area contributed by atoms with Gasteiger partial charge < -0.3 is 24.6 Å². The molecule has 64 heavy (non-hydrogen) atoms. The number of hydrogen-bond acceptors (Lipinski definition) is 8. The third kappa shape index (κ3) is 49.3. The van der Waals surface area contributed by atoms with E-state index in [1.807, 2.05) is 0 Å². The molecule has 9 nitrogen and oxygen atoms in total. The molecule has 10 heteroatoms. The lowest BCUT2D eigenvalue weighted by Gasteiger charge is -2.20. The van der Waals surface area contributed by atoms with Gasteiger partial charge >= 0.3 is 13.8 Å². The fraction of sp³-hybridized carbons (Fsp3) is 0.759. The number of carbonyl (C=O) groups is 1. The molecule has 0 saturated heterocycles. The van der Waals surface area contributed by atoms with Gasteiger partial charge in [0.2, 0.25) is 0 Å². The number of ether oxygens (including phenoxy) is 2. The van der Waals surface area contributed by atoms with Gasteiger partial charge in [0.15, 0.2) is 0 Å². The van der Waals surface area contributed by atoms with Gasteiger partial charge in [0.25, 0.3) is 0 Å². The molecule has 3 unspecified atom stereocenters. The molecule has 0 aromatic heterocycles. The quantitative estimate of drug-likeness (QED) is 0.0236. The van der Waals surface area contributed by atoms with Crippen molar-refractivity contribution in [1.82, 2.24) is 0 Å². The molecule has 3 atom stereocenters. The number of phosphoric ester groups is 1. The van der Waals surface area contributed by atoms with E-state index in [1.54, 1.807) is 0 Å². The van der Waals surface area contributed by atoms with Crippen LogP contribution in [0.3, 0.4) is 0 Å². The molecular formula is C54H97O9P. The fourth-order valence-electron chi connectivity index (χ4n) is 7.01. The van der Waals surface area contributed by atoms with Crippen LogP contribution in [0.4, 0.5) is 0 Å². The fourth-order valence-corrected chi connectivity index (χ4v) is 7.80. The average Bonchev–Trinajstić information content (AvgIpc) is 3.29. The van der Waals surface area contributed by atoms with E-state index in [0.29, 0.717) is 6.61 Å². The lowest BCUT2D eigenvalue weighted by molar-refractivity contribution is -0.154.